The topological polar surface area (TPSA) is 9.23 Å². The Morgan fingerprint density at radius 3 is 2.35 bits per heavy atom. The van der Waals surface area contributed by atoms with Crippen LogP contribution in [0.4, 0.5) is 22.0 Å². The Kier molecular flexibility index (Phi) is 7.24. The first-order valence-corrected chi connectivity index (χ1v) is 11.6. The third-order valence-electron chi connectivity index (χ3n) is 6.78. The Morgan fingerprint density at radius 2 is 1.68 bits per heavy atom. The van der Waals surface area contributed by atoms with Crippen LogP contribution in [-0.4, -0.2) is 6.36 Å². The van der Waals surface area contributed by atoms with E-state index in [9.17, 15) is 17.6 Å². The lowest BCUT2D eigenvalue weighted by Crippen LogP contribution is -2.18. The van der Waals surface area contributed by atoms with Gasteiger partial charge in [0, 0.05) is 5.39 Å². The molecule has 1 nitrogen and oxygen atoms in total. The van der Waals surface area contributed by atoms with Crippen LogP contribution in [0.5, 0.6) is 5.75 Å². The number of alkyl halides is 3. The van der Waals surface area contributed by atoms with E-state index in [1.54, 1.807) is 6.07 Å². The van der Waals surface area contributed by atoms with Crippen LogP contribution in [0.3, 0.4) is 0 Å². The molecule has 3 aromatic carbocycles. The Hall–Kier alpha value is -2.89. The molecule has 0 saturated heterocycles. The molecular formula is C28H27F5O. The lowest BCUT2D eigenvalue weighted by atomic mass is 9.77. The van der Waals surface area contributed by atoms with Gasteiger partial charge in [-0.2, -0.15) is 0 Å². The number of benzene rings is 3. The monoisotopic (exact) mass is 474 g/mol. The molecule has 0 aromatic heterocycles. The SMILES string of the molecule is C=CCC1CCC(c2ccc3c(F)c(CCc4ccc(OC(F)(F)F)c(F)c4)ccc3c2)CC1. The second kappa shape index (κ2) is 10.2. The minimum atomic E-state index is -4.96. The van der Waals surface area contributed by atoms with Crippen LogP contribution in [0.2, 0.25) is 0 Å². The minimum absolute atomic E-state index is 0.289. The van der Waals surface area contributed by atoms with E-state index in [2.05, 4.69) is 17.4 Å². The lowest BCUT2D eigenvalue weighted by molar-refractivity contribution is -0.275. The molecule has 0 amide bonds. The molecule has 0 spiro atoms. The van der Waals surface area contributed by atoms with Crippen LogP contribution >= 0.6 is 0 Å². The molecule has 0 atom stereocenters. The summed E-state index contributed by atoms with van der Waals surface area (Å²) in [6.45, 7) is 3.84. The van der Waals surface area contributed by atoms with E-state index >= 15 is 4.39 Å². The third kappa shape index (κ3) is 5.78. The van der Waals surface area contributed by atoms with E-state index in [4.69, 9.17) is 0 Å². The Balaban J connectivity index is 1.44. The number of allylic oxidation sites excluding steroid dienone is 1. The summed E-state index contributed by atoms with van der Waals surface area (Å²) in [5, 5.41) is 1.40. The average Bonchev–Trinajstić information content (AvgIpc) is 2.80. The van der Waals surface area contributed by atoms with Crippen LogP contribution in [0.1, 0.15) is 54.7 Å². The van der Waals surface area contributed by atoms with Crippen molar-refractivity contribution in [3.8, 4) is 5.75 Å². The standard InChI is InChI=1S/C28H27F5O/c1-2-3-18-4-8-20(9-5-18)22-13-14-24-23(17-22)12-11-21(27(24)30)10-6-19-7-15-26(25(29)16-19)34-28(31,32)33/h2,7,11-18,20H,1,3-6,8-10H2. The molecule has 3 aromatic rings. The summed E-state index contributed by atoms with van der Waals surface area (Å²) in [4.78, 5) is 0. The maximum absolute atomic E-state index is 15.2. The molecule has 1 aliphatic carbocycles. The zero-order valence-corrected chi connectivity index (χ0v) is 18.8. The molecule has 0 radical (unpaired) electrons. The van der Waals surface area contributed by atoms with Gasteiger partial charge in [-0.15, -0.1) is 19.8 Å². The van der Waals surface area contributed by atoms with Crippen molar-refractivity contribution < 1.29 is 26.7 Å². The van der Waals surface area contributed by atoms with Gasteiger partial charge < -0.3 is 4.74 Å². The summed E-state index contributed by atoms with van der Waals surface area (Å²) in [6, 6.07) is 12.9. The van der Waals surface area contributed by atoms with Crippen molar-refractivity contribution >= 4 is 10.8 Å². The number of halogens is 5. The predicted octanol–water partition coefficient (Wildman–Crippen LogP) is 8.65. The Morgan fingerprint density at radius 1 is 0.912 bits per heavy atom. The van der Waals surface area contributed by atoms with Gasteiger partial charge in [0.15, 0.2) is 11.6 Å². The van der Waals surface area contributed by atoms with Crippen LogP contribution < -0.4 is 4.74 Å². The molecule has 0 bridgehead atoms. The van der Waals surface area contributed by atoms with Crippen LogP contribution in [0.25, 0.3) is 10.8 Å². The van der Waals surface area contributed by atoms with Gasteiger partial charge >= 0.3 is 6.36 Å². The van der Waals surface area contributed by atoms with Crippen molar-refractivity contribution in [3.63, 3.8) is 0 Å². The number of aryl methyl sites for hydroxylation is 2. The first-order chi connectivity index (χ1) is 16.2. The van der Waals surface area contributed by atoms with Crippen molar-refractivity contribution in [3.05, 3.63) is 89.5 Å². The highest BCUT2D eigenvalue weighted by molar-refractivity contribution is 5.84. The van der Waals surface area contributed by atoms with Crippen molar-refractivity contribution in [2.75, 3.05) is 0 Å². The van der Waals surface area contributed by atoms with Crippen molar-refractivity contribution in [1.29, 1.82) is 0 Å². The molecule has 0 aliphatic heterocycles. The number of rotatable bonds is 7. The van der Waals surface area contributed by atoms with Crippen molar-refractivity contribution in [2.24, 2.45) is 5.92 Å². The predicted molar refractivity (Wildman–Crippen MR) is 124 cm³/mol. The van der Waals surface area contributed by atoms with E-state index in [0.29, 0.717) is 28.9 Å². The Labute approximate surface area is 196 Å². The van der Waals surface area contributed by atoms with Crippen molar-refractivity contribution in [2.45, 2.75) is 57.2 Å². The number of hydrogen-bond acceptors (Lipinski definition) is 1. The summed E-state index contributed by atoms with van der Waals surface area (Å²) < 4.78 is 69.7. The van der Waals surface area contributed by atoms with Crippen LogP contribution in [0.15, 0.2) is 61.2 Å². The van der Waals surface area contributed by atoms with Gasteiger partial charge in [-0.1, -0.05) is 42.5 Å². The number of fused-ring (bicyclic) bond motifs is 1. The minimum Gasteiger partial charge on any atom is -0.403 e. The van der Waals surface area contributed by atoms with Crippen molar-refractivity contribution in [1.82, 2.24) is 0 Å². The fraction of sp³-hybridized carbons (Fsp3) is 0.357. The molecule has 1 saturated carbocycles. The second-order valence-corrected chi connectivity index (χ2v) is 9.07. The maximum Gasteiger partial charge on any atom is 0.573 e. The fourth-order valence-electron chi connectivity index (χ4n) is 4.96. The molecule has 34 heavy (non-hydrogen) atoms. The van der Waals surface area contributed by atoms with E-state index in [1.807, 2.05) is 24.3 Å². The smallest absolute Gasteiger partial charge is 0.403 e. The molecule has 4 rings (SSSR count). The second-order valence-electron chi connectivity index (χ2n) is 9.07. The average molecular weight is 475 g/mol. The third-order valence-corrected chi connectivity index (χ3v) is 6.78. The summed E-state index contributed by atoms with van der Waals surface area (Å²) >= 11 is 0. The van der Waals surface area contributed by atoms with Gasteiger partial charge in [-0.05, 0) is 91.0 Å². The van der Waals surface area contributed by atoms with E-state index in [-0.39, 0.29) is 12.2 Å². The normalized spacial score (nSPS) is 18.7. The summed E-state index contributed by atoms with van der Waals surface area (Å²) in [6.07, 6.45) is 3.33. The molecule has 1 fully saturated rings. The van der Waals surface area contributed by atoms with E-state index in [1.165, 1.54) is 24.5 Å². The highest BCUT2D eigenvalue weighted by Gasteiger charge is 2.32. The maximum atomic E-state index is 15.2. The van der Waals surface area contributed by atoms with Gasteiger partial charge in [-0.25, -0.2) is 8.78 Å². The molecule has 6 heteroatoms. The fourth-order valence-corrected chi connectivity index (χ4v) is 4.96. The largest absolute Gasteiger partial charge is 0.573 e. The molecule has 0 unspecified atom stereocenters. The first kappa shape index (κ1) is 24.2. The Bertz CT molecular complexity index is 1160. The summed E-state index contributed by atoms with van der Waals surface area (Å²) in [5.41, 5.74) is 2.20. The highest BCUT2D eigenvalue weighted by atomic mass is 19.4. The van der Waals surface area contributed by atoms with Crippen LogP contribution in [0, 0.1) is 17.6 Å². The first-order valence-electron chi connectivity index (χ1n) is 11.6. The zero-order valence-electron chi connectivity index (χ0n) is 18.8. The highest BCUT2D eigenvalue weighted by Crippen LogP contribution is 2.38. The van der Waals surface area contributed by atoms with E-state index in [0.717, 1.165) is 42.7 Å². The lowest BCUT2D eigenvalue weighted by Gasteiger charge is -2.28. The summed E-state index contributed by atoms with van der Waals surface area (Å²) in [5.74, 6) is -1.07. The van der Waals surface area contributed by atoms with E-state index < -0.39 is 17.9 Å². The van der Waals surface area contributed by atoms with Crippen LogP contribution in [-0.2, 0) is 12.8 Å². The van der Waals surface area contributed by atoms with Gasteiger partial charge in [0.1, 0.15) is 5.82 Å². The number of ether oxygens (including phenoxy) is 1. The molecule has 0 N–H and O–H groups in total. The van der Waals surface area contributed by atoms with Gasteiger partial charge in [0.05, 0.1) is 0 Å². The van der Waals surface area contributed by atoms with Gasteiger partial charge in [0.2, 0.25) is 0 Å². The van der Waals surface area contributed by atoms with Gasteiger partial charge in [0.25, 0.3) is 0 Å². The molecule has 0 heterocycles. The number of hydrogen-bond donors (Lipinski definition) is 0. The van der Waals surface area contributed by atoms with Gasteiger partial charge in [-0.3, -0.25) is 0 Å². The molecule has 1 aliphatic rings. The molecular weight excluding hydrogens is 447 g/mol. The summed E-state index contributed by atoms with van der Waals surface area (Å²) in [7, 11) is 0. The molecule has 180 valence electrons. The quantitative estimate of drug-likeness (QED) is 0.246. The zero-order chi connectivity index (χ0) is 24.3.